The Hall–Kier alpha value is -1.28. The minimum atomic E-state index is 0.335. The largest absolute Gasteiger partial charge is 0.378 e. The maximum absolute atomic E-state index is 5.37. The molecule has 1 unspecified atom stereocenters. The standard InChI is InChI=1S/C13H24N6OS/c1-10(4-9-21-3)15-12-16-11(14-2)17-13(18-12)19-5-7-20-8-6-19/h10H,4-9H2,1-3H3,(H2,14,15,16,17,18). The molecule has 1 saturated heterocycles. The average molecular weight is 312 g/mol. The molecule has 1 aromatic heterocycles. The van der Waals surface area contributed by atoms with Crippen LogP contribution in [0.25, 0.3) is 0 Å². The van der Waals surface area contributed by atoms with Crippen molar-refractivity contribution in [3.05, 3.63) is 0 Å². The number of ether oxygens (including phenoxy) is 1. The molecule has 7 nitrogen and oxygen atoms in total. The van der Waals surface area contributed by atoms with E-state index in [0.717, 1.165) is 25.3 Å². The highest BCUT2D eigenvalue weighted by Gasteiger charge is 2.16. The summed E-state index contributed by atoms with van der Waals surface area (Å²) in [5.74, 6) is 3.04. The molecule has 0 radical (unpaired) electrons. The Kier molecular flexibility index (Phi) is 6.31. The summed E-state index contributed by atoms with van der Waals surface area (Å²) in [4.78, 5) is 15.5. The van der Waals surface area contributed by atoms with Gasteiger partial charge in [0.2, 0.25) is 17.8 Å². The van der Waals surface area contributed by atoms with Gasteiger partial charge >= 0.3 is 0 Å². The van der Waals surface area contributed by atoms with Crippen molar-refractivity contribution in [3.63, 3.8) is 0 Å². The maximum Gasteiger partial charge on any atom is 0.232 e. The van der Waals surface area contributed by atoms with Crippen molar-refractivity contribution in [1.29, 1.82) is 0 Å². The average Bonchev–Trinajstić information content (AvgIpc) is 2.53. The second-order valence-corrected chi connectivity index (χ2v) is 5.94. The molecular weight excluding hydrogens is 288 g/mol. The number of thioether (sulfide) groups is 1. The zero-order valence-corrected chi connectivity index (χ0v) is 13.7. The van der Waals surface area contributed by atoms with E-state index < -0.39 is 0 Å². The zero-order valence-electron chi connectivity index (χ0n) is 12.9. The number of aromatic nitrogens is 3. The molecule has 0 amide bonds. The van der Waals surface area contributed by atoms with E-state index in [0.29, 0.717) is 37.1 Å². The van der Waals surface area contributed by atoms with Crippen LogP contribution in [0.3, 0.4) is 0 Å². The lowest BCUT2D eigenvalue weighted by Gasteiger charge is -2.27. The second kappa shape index (κ2) is 8.23. The summed E-state index contributed by atoms with van der Waals surface area (Å²) >= 11 is 1.85. The smallest absolute Gasteiger partial charge is 0.232 e. The summed E-state index contributed by atoms with van der Waals surface area (Å²) in [6, 6.07) is 0.335. The van der Waals surface area contributed by atoms with E-state index in [1.54, 1.807) is 0 Å². The molecule has 2 rings (SSSR count). The lowest BCUT2D eigenvalue weighted by Crippen LogP contribution is -2.37. The minimum absolute atomic E-state index is 0.335. The molecule has 0 spiro atoms. The molecule has 118 valence electrons. The number of morpholine rings is 1. The van der Waals surface area contributed by atoms with Gasteiger partial charge in [-0.25, -0.2) is 0 Å². The first-order valence-corrected chi connectivity index (χ1v) is 8.64. The Labute approximate surface area is 130 Å². The number of hydrogen-bond acceptors (Lipinski definition) is 8. The van der Waals surface area contributed by atoms with Gasteiger partial charge in [0.05, 0.1) is 13.2 Å². The number of hydrogen-bond donors (Lipinski definition) is 2. The van der Waals surface area contributed by atoms with Crippen molar-refractivity contribution in [1.82, 2.24) is 15.0 Å². The van der Waals surface area contributed by atoms with E-state index in [-0.39, 0.29) is 0 Å². The van der Waals surface area contributed by atoms with Crippen LogP contribution in [0.4, 0.5) is 17.8 Å². The third-order valence-electron chi connectivity index (χ3n) is 3.27. The third kappa shape index (κ3) is 4.89. The minimum Gasteiger partial charge on any atom is -0.378 e. The van der Waals surface area contributed by atoms with E-state index in [1.807, 2.05) is 18.8 Å². The molecule has 0 aromatic carbocycles. The zero-order chi connectivity index (χ0) is 15.1. The van der Waals surface area contributed by atoms with Gasteiger partial charge in [-0.3, -0.25) is 0 Å². The highest BCUT2D eigenvalue weighted by Crippen LogP contribution is 2.16. The molecule has 2 heterocycles. The van der Waals surface area contributed by atoms with E-state index in [9.17, 15) is 0 Å². The Morgan fingerprint density at radius 2 is 1.95 bits per heavy atom. The lowest BCUT2D eigenvalue weighted by molar-refractivity contribution is 0.122. The van der Waals surface area contributed by atoms with Crippen LogP contribution in [0.1, 0.15) is 13.3 Å². The van der Waals surface area contributed by atoms with Gasteiger partial charge in [-0.2, -0.15) is 26.7 Å². The Morgan fingerprint density at radius 1 is 1.24 bits per heavy atom. The summed E-state index contributed by atoms with van der Waals surface area (Å²) in [6.07, 6.45) is 3.19. The summed E-state index contributed by atoms with van der Waals surface area (Å²) in [5.41, 5.74) is 0. The summed E-state index contributed by atoms with van der Waals surface area (Å²) in [7, 11) is 1.82. The van der Waals surface area contributed by atoms with Crippen molar-refractivity contribution in [2.24, 2.45) is 0 Å². The van der Waals surface area contributed by atoms with Crippen molar-refractivity contribution >= 4 is 29.6 Å². The highest BCUT2D eigenvalue weighted by molar-refractivity contribution is 7.98. The number of anilines is 3. The fourth-order valence-corrected chi connectivity index (χ4v) is 2.62. The maximum atomic E-state index is 5.37. The van der Waals surface area contributed by atoms with Crippen molar-refractivity contribution in [2.45, 2.75) is 19.4 Å². The van der Waals surface area contributed by atoms with Crippen LogP contribution in [-0.2, 0) is 4.74 Å². The summed E-state index contributed by atoms with van der Waals surface area (Å²) < 4.78 is 5.37. The monoisotopic (exact) mass is 312 g/mol. The van der Waals surface area contributed by atoms with Crippen LogP contribution < -0.4 is 15.5 Å². The van der Waals surface area contributed by atoms with Crippen molar-refractivity contribution in [3.8, 4) is 0 Å². The Balaban J connectivity index is 2.09. The highest BCUT2D eigenvalue weighted by atomic mass is 32.2. The van der Waals surface area contributed by atoms with Crippen LogP contribution in [-0.4, -0.2) is 66.4 Å². The molecule has 0 bridgehead atoms. The fraction of sp³-hybridized carbons (Fsp3) is 0.769. The molecule has 8 heteroatoms. The number of nitrogens with one attached hydrogen (secondary N) is 2. The summed E-state index contributed by atoms with van der Waals surface area (Å²) in [5, 5.41) is 6.36. The second-order valence-electron chi connectivity index (χ2n) is 4.96. The van der Waals surface area contributed by atoms with Gasteiger partial charge in [0.15, 0.2) is 0 Å². The molecule has 1 aromatic rings. The molecule has 1 aliphatic rings. The van der Waals surface area contributed by atoms with E-state index in [2.05, 4.69) is 43.7 Å². The molecule has 1 aliphatic heterocycles. The topological polar surface area (TPSA) is 75.2 Å². The quantitative estimate of drug-likeness (QED) is 0.780. The van der Waals surface area contributed by atoms with Crippen molar-refractivity contribution in [2.75, 3.05) is 60.9 Å². The predicted molar refractivity (Wildman–Crippen MR) is 88.5 cm³/mol. The molecule has 21 heavy (non-hydrogen) atoms. The lowest BCUT2D eigenvalue weighted by atomic mass is 10.3. The third-order valence-corrected chi connectivity index (χ3v) is 3.92. The number of nitrogens with zero attached hydrogens (tertiary/aromatic N) is 4. The van der Waals surface area contributed by atoms with Gasteiger partial charge < -0.3 is 20.3 Å². The van der Waals surface area contributed by atoms with Gasteiger partial charge in [-0.1, -0.05) is 0 Å². The molecule has 1 atom stereocenters. The van der Waals surface area contributed by atoms with Gasteiger partial charge in [0.1, 0.15) is 0 Å². The SMILES string of the molecule is CNc1nc(NC(C)CCSC)nc(N2CCOCC2)n1. The summed E-state index contributed by atoms with van der Waals surface area (Å²) in [6.45, 7) is 5.21. The van der Waals surface area contributed by atoms with Gasteiger partial charge in [-0.15, -0.1) is 0 Å². The van der Waals surface area contributed by atoms with Crippen LogP contribution in [0.2, 0.25) is 0 Å². The Bertz CT molecular complexity index is 441. The first kappa shape index (κ1) is 16.1. The molecule has 2 N–H and O–H groups in total. The van der Waals surface area contributed by atoms with E-state index >= 15 is 0 Å². The molecule has 1 fully saturated rings. The van der Waals surface area contributed by atoms with Gasteiger partial charge in [0.25, 0.3) is 0 Å². The number of rotatable bonds is 7. The van der Waals surface area contributed by atoms with Crippen LogP contribution in [0.5, 0.6) is 0 Å². The Morgan fingerprint density at radius 3 is 2.62 bits per heavy atom. The van der Waals surface area contributed by atoms with Crippen LogP contribution in [0.15, 0.2) is 0 Å². The first-order valence-electron chi connectivity index (χ1n) is 7.25. The van der Waals surface area contributed by atoms with Crippen LogP contribution >= 0.6 is 11.8 Å². The molecule has 0 aliphatic carbocycles. The molecular formula is C13H24N6OS. The first-order chi connectivity index (χ1) is 10.2. The van der Waals surface area contributed by atoms with Crippen molar-refractivity contribution < 1.29 is 4.74 Å². The fourth-order valence-electron chi connectivity index (χ4n) is 2.03. The van der Waals surface area contributed by atoms with Gasteiger partial charge in [0, 0.05) is 26.2 Å². The van der Waals surface area contributed by atoms with Crippen LogP contribution in [0, 0.1) is 0 Å². The normalized spacial score (nSPS) is 16.6. The molecule has 0 saturated carbocycles. The van der Waals surface area contributed by atoms with Gasteiger partial charge in [-0.05, 0) is 25.4 Å². The van der Waals surface area contributed by atoms with E-state index in [1.165, 1.54) is 0 Å². The van der Waals surface area contributed by atoms with E-state index in [4.69, 9.17) is 4.74 Å². The predicted octanol–water partition coefficient (Wildman–Crippen LogP) is 1.30.